The fraction of sp³-hybridized carbons (Fsp3) is 0.316. The topological polar surface area (TPSA) is 39.1 Å². The van der Waals surface area contributed by atoms with Gasteiger partial charge in [0.25, 0.3) is 0 Å². The highest BCUT2D eigenvalue weighted by molar-refractivity contribution is 6.31. The van der Waals surface area contributed by atoms with Gasteiger partial charge in [-0.1, -0.05) is 29.8 Å². The van der Waals surface area contributed by atoms with Crippen LogP contribution in [-0.2, 0) is 6.54 Å². The van der Waals surface area contributed by atoms with E-state index in [1.807, 2.05) is 37.3 Å². The predicted octanol–water partition coefficient (Wildman–Crippen LogP) is 3.59. The summed E-state index contributed by atoms with van der Waals surface area (Å²) < 4.78 is 0. The maximum absolute atomic E-state index is 9.36. The van der Waals surface area contributed by atoms with Crippen molar-refractivity contribution >= 4 is 17.3 Å². The van der Waals surface area contributed by atoms with Crippen molar-refractivity contribution < 1.29 is 5.11 Å². The molecular weight excluding hydrogens is 322 g/mol. The molecule has 1 aliphatic rings. The Labute approximate surface area is 148 Å². The summed E-state index contributed by atoms with van der Waals surface area (Å²) in [5.74, 6) is 0.278. The van der Waals surface area contributed by atoms with Gasteiger partial charge in [-0.05, 0) is 48.4 Å². The van der Waals surface area contributed by atoms with E-state index in [9.17, 15) is 5.11 Å². The SMILES string of the molecule is CC(=NN1CCN(Cc2ccccc2Cl)CC1)c1ccc(O)cc1. The molecule has 126 valence electrons. The number of hydrazone groups is 1. The molecule has 5 heteroatoms. The van der Waals surface area contributed by atoms with Crippen molar-refractivity contribution in [3.8, 4) is 5.75 Å². The second kappa shape index (κ2) is 7.69. The van der Waals surface area contributed by atoms with Crippen molar-refractivity contribution in [2.24, 2.45) is 5.10 Å². The fourth-order valence-corrected chi connectivity index (χ4v) is 3.03. The molecule has 2 aromatic rings. The van der Waals surface area contributed by atoms with Crippen LogP contribution < -0.4 is 0 Å². The van der Waals surface area contributed by atoms with Crippen LogP contribution in [0.25, 0.3) is 0 Å². The van der Waals surface area contributed by atoms with Crippen LogP contribution in [0.2, 0.25) is 5.02 Å². The van der Waals surface area contributed by atoms with E-state index in [0.29, 0.717) is 0 Å². The normalized spacial score (nSPS) is 16.4. The van der Waals surface area contributed by atoms with Crippen LogP contribution in [0.15, 0.2) is 53.6 Å². The van der Waals surface area contributed by atoms with Crippen molar-refractivity contribution in [1.29, 1.82) is 0 Å². The molecule has 0 aromatic heterocycles. The van der Waals surface area contributed by atoms with Gasteiger partial charge in [-0.3, -0.25) is 9.91 Å². The predicted molar refractivity (Wildman–Crippen MR) is 98.6 cm³/mol. The minimum Gasteiger partial charge on any atom is -0.508 e. The highest BCUT2D eigenvalue weighted by Gasteiger charge is 2.16. The lowest BCUT2D eigenvalue weighted by molar-refractivity contribution is 0.130. The van der Waals surface area contributed by atoms with Gasteiger partial charge in [-0.25, -0.2) is 0 Å². The zero-order valence-electron chi connectivity index (χ0n) is 13.8. The van der Waals surface area contributed by atoms with E-state index in [0.717, 1.165) is 49.0 Å². The molecule has 1 N–H and O–H groups in total. The van der Waals surface area contributed by atoms with Gasteiger partial charge < -0.3 is 5.11 Å². The van der Waals surface area contributed by atoms with E-state index >= 15 is 0 Å². The standard InChI is InChI=1S/C19H22ClN3O/c1-15(16-6-8-18(24)9-7-16)21-23-12-10-22(11-13-23)14-17-4-2-3-5-19(17)20/h2-9,24H,10-14H2,1H3. The summed E-state index contributed by atoms with van der Waals surface area (Å²) in [5, 5.41) is 17.0. The molecule has 1 heterocycles. The summed E-state index contributed by atoms with van der Waals surface area (Å²) in [5.41, 5.74) is 3.18. The summed E-state index contributed by atoms with van der Waals surface area (Å²) in [6, 6.07) is 15.2. The highest BCUT2D eigenvalue weighted by atomic mass is 35.5. The van der Waals surface area contributed by atoms with Gasteiger partial charge in [0.1, 0.15) is 5.75 Å². The zero-order chi connectivity index (χ0) is 16.9. The third-order valence-corrected chi connectivity index (χ3v) is 4.65. The first-order valence-corrected chi connectivity index (χ1v) is 8.55. The smallest absolute Gasteiger partial charge is 0.115 e. The first-order valence-electron chi connectivity index (χ1n) is 8.17. The molecule has 0 saturated carbocycles. The molecule has 3 rings (SSSR count). The lowest BCUT2D eigenvalue weighted by atomic mass is 10.1. The number of hydrogen-bond donors (Lipinski definition) is 1. The fourth-order valence-electron chi connectivity index (χ4n) is 2.84. The minimum absolute atomic E-state index is 0.278. The van der Waals surface area contributed by atoms with Crippen LogP contribution >= 0.6 is 11.6 Å². The maximum Gasteiger partial charge on any atom is 0.115 e. The van der Waals surface area contributed by atoms with Crippen molar-refractivity contribution in [1.82, 2.24) is 9.91 Å². The summed E-state index contributed by atoms with van der Waals surface area (Å²) >= 11 is 6.24. The van der Waals surface area contributed by atoms with E-state index in [4.69, 9.17) is 16.7 Å². The zero-order valence-corrected chi connectivity index (χ0v) is 14.6. The molecule has 0 bridgehead atoms. The molecule has 1 saturated heterocycles. The largest absolute Gasteiger partial charge is 0.508 e. The first-order chi connectivity index (χ1) is 11.6. The van der Waals surface area contributed by atoms with Gasteiger partial charge in [0.05, 0.1) is 5.71 Å². The van der Waals surface area contributed by atoms with Gasteiger partial charge in [0.15, 0.2) is 0 Å². The number of halogens is 1. The van der Waals surface area contributed by atoms with Crippen molar-refractivity contribution in [3.05, 3.63) is 64.7 Å². The quantitative estimate of drug-likeness (QED) is 0.862. The van der Waals surface area contributed by atoms with Gasteiger partial charge in [-0.2, -0.15) is 5.10 Å². The maximum atomic E-state index is 9.36. The Morgan fingerprint density at radius 1 is 1.04 bits per heavy atom. The average molecular weight is 344 g/mol. The van der Waals surface area contributed by atoms with Crippen LogP contribution in [-0.4, -0.2) is 46.9 Å². The second-order valence-corrected chi connectivity index (χ2v) is 6.46. The van der Waals surface area contributed by atoms with Gasteiger partial charge in [0, 0.05) is 37.7 Å². The van der Waals surface area contributed by atoms with Crippen molar-refractivity contribution in [3.63, 3.8) is 0 Å². The number of phenols is 1. The van der Waals surface area contributed by atoms with Crippen molar-refractivity contribution in [2.45, 2.75) is 13.5 Å². The molecule has 4 nitrogen and oxygen atoms in total. The van der Waals surface area contributed by atoms with Crippen LogP contribution in [0.5, 0.6) is 5.75 Å². The molecule has 0 amide bonds. The molecule has 1 fully saturated rings. The highest BCUT2D eigenvalue weighted by Crippen LogP contribution is 2.18. The van der Waals surface area contributed by atoms with Gasteiger partial charge in [0.2, 0.25) is 0 Å². The number of rotatable bonds is 4. The molecule has 0 unspecified atom stereocenters. The molecule has 1 aliphatic heterocycles. The van der Waals surface area contributed by atoms with Crippen LogP contribution in [0.3, 0.4) is 0 Å². The summed E-state index contributed by atoms with van der Waals surface area (Å²) in [4.78, 5) is 2.41. The summed E-state index contributed by atoms with van der Waals surface area (Å²) in [6.07, 6.45) is 0. The van der Waals surface area contributed by atoms with Crippen LogP contribution in [0.4, 0.5) is 0 Å². The van der Waals surface area contributed by atoms with Gasteiger partial charge >= 0.3 is 0 Å². The molecule has 0 radical (unpaired) electrons. The monoisotopic (exact) mass is 343 g/mol. The molecule has 0 spiro atoms. The average Bonchev–Trinajstić information content (AvgIpc) is 2.59. The van der Waals surface area contributed by atoms with Crippen LogP contribution in [0, 0.1) is 0 Å². The number of hydrogen-bond acceptors (Lipinski definition) is 4. The lowest BCUT2D eigenvalue weighted by Crippen LogP contribution is -2.43. The second-order valence-electron chi connectivity index (χ2n) is 6.05. The van der Waals surface area contributed by atoms with E-state index in [1.165, 1.54) is 5.56 Å². The summed E-state index contributed by atoms with van der Waals surface area (Å²) in [7, 11) is 0. The number of benzene rings is 2. The Hall–Kier alpha value is -2.04. The first kappa shape index (κ1) is 16.8. The number of piperazine rings is 1. The minimum atomic E-state index is 0.278. The molecule has 0 aliphatic carbocycles. The Morgan fingerprint density at radius 3 is 2.38 bits per heavy atom. The van der Waals surface area contributed by atoms with E-state index < -0.39 is 0 Å². The Balaban J connectivity index is 1.56. The summed E-state index contributed by atoms with van der Waals surface area (Å²) in [6.45, 7) is 6.63. The molecule has 24 heavy (non-hydrogen) atoms. The van der Waals surface area contributed by atoms with Gasteiger partial charge in [-0.15, -0.1) is 0 Å². The number of phenolic OH excluding ortho intramolecular Hbond substituents is 1. The number of aromatic hydroxyl groups is 1. The third-order valence-electron chi connectivity index (χ3n) is 4.28. The Kier molecular flexibility index (Phi) is 5.38. The molecular formula is C19H22ClN3O. The molecule has 0 atom stereocenters. The third kappa shape index (κ3) is 4.28. The lowest BCUT2D eigenvalue weighted by Gasteiger charge is -2.33. The van der Waals surface area contributed by atoms with E-state index in [2.05, 4.69) is 16.0 Å². The van der Waals surface area contributed by atoms with E-state index in [-0.39, 0.29) is 5.75 Å². The Bertz CT molecular complexity index is 707. The molecule has 2 aromatic carbocycles. The van der Waals surface area contributed by atoms with E-state index in [1.54, 1.807) is 12.1 Å². The number of nitrogens with zero attached hydrogens (tertiary/aromatic N) is 3. The van der Waals surface area contributed by atoms with Crippen LogP contribution in [0.1, 0.15) is 18.1 Å². The van der Waals surface area contributed by atoms with Crippen molar-refractivity contribution in [2.75, 3.05) is 26.2 Å². The Morgan fingerprint density at radius 2 is 1.71 bits per heavy atom.